The van der Waals surface area contributed by atoms with E-state index < -0.39 is 23.8 Å². The van der Waals surface area contributed by atoms with Crippen LogP contribution in [-0.4, -0.2) is 47.0 Å². The molecule has 0 aliphatic heterocycles. The van der Waals surface area contributed by atoms with Crippen LogP contribution >= 0.6 is 0 Å². The third-order valence-corrected chi connectivity index (χ3v) is 6.38. The van der Waals surface area contributed by atoms with Crippen molar-refractivity contribution in [3.05, 3.63) is 34.9 Å². The minimum Gasteiger partial charge on any atom is -0.444 e. The van der Waals surface area contributed by atoms with Gasteiger partial charge in [0.1, 0.15) is 17.7 Å². The summed E-state index contributed by atoms with van der Waals surface area (Å²) in [4.78, 5) is 42.0. The molecule has 0 saturated carbocycles. The molecule has 0 aliphatic rings. The number of benzene rings is 1. The fraction of sp³-hybridized carbons (Fsp3) is 0.690. The molecule has 0 spiro atoms. The molecule has 0 radical (unpaired) electrons. The van der Waals surface area contributed by atoms with E-state index in [4.69, 9.17) is 4.74 Å². The Kier molecular flexibility index (Phi) is 12.4. The van der Waals surface area contributed by atoms with Crippen LogP contribution in [0, 0.1) is 19.8 Å². The van der Waals surface area contributed by atoms with E-state index in [0.717, 1.165) is 36.0 Å². The predicted octanol–water partition coefficient (Wildman–Crippen LogP) is 5.83. The first-order valence-electron chi connectivity index (χ1n) is 13.4. The molecule has 3 amide bonds. The average molecular weight is 504 g/mol. The normalized spacial score (nSPS) is 14.1. The van der Waals surface area contributed by atoms with Crippen molar-refractivity contribution in [1.82, 2.24) is 15.5 Å². The molecule has 1 aromatic carbocycles. The number of amides is 3. The summed E-state index contributed by atoms with van der Waals surface area (Å²) >= 11 is 0. The maximum atomic E-state index is 14.1. The summed E-state index contributed by atoms with van der Waals surface area (Å²) in [6, 6.07) is 4.02. The zero-order valence-electron chi connectivity index (χ0n) is 24.2. The van der Waals surface area contributed by atoms with Gasteiger partial charge in [0.25, 0.3) is 0 Å². The molecule has 7 heteroatoms. The van der Waals surface area contributed by atoms with E-state index >= 15 is 0 Å². The Balaban J connectivity index is 3.48. The third kappa shape index (κ3) is 9.47. The lowest BCUT2D eigenvalue weighted by Crippen LogP contribution is -2.57. The molecule has 7 nitrogen and oxygen atoms in total. The number of alkyl carbamates (subject to hydrolysis) is 1. The van der Waals surface area contributed by atoms with E-state index in [2.05, 4.69) is 17.6 Å². The van der Waals surface area contributed by atoms with Crippen LogP contribution in [0.15, 0.2) is 18.2 Å². The average Bonchev–Trinajstić information content (AvgIpc) is 2.78. The summed E-state index contributed by atoms with van der Waals surface area (Å²) in [7, 11) is 0. The van der Waals surface area contributed by atoms with E-state index in [1.54, 1.807) is 25.7 Å². The second-order valence-corrected chi connectivity index (χ2v) is 11.1. The topological polar surface area (TPSA) is 87.7 Å². The van der Waals surface area contributed by atoms with Gasteiger partial charge in [-0.1, -0.05) is 58.7 Å². The monoisotopic (exact) mass is 503 g/mol. The Bertz CT molecular complexity index is 876. The van der Waals surface area contributed by atoms with Crippen LogP contribution in [0.2, 0.25) is 0 Å². The molecule has 2 N–H and O–H groups in total. The minimum absolute atomic E-state index is 0.204. The number of unbranched alkanes of at least 4 members (excludes halogenated alkanes) is 2. The lowest BCUT2D eigenvalue weighted by atomic mass is 9.95. The highest BCUT2D eigenvalue weighted by molar-refractivity contribution is 5.92. The smallest absolute Gasteiger partial charge is 0.408 e. The predicted molar refractivity (Wildman–Crippen MR) is 146 cm³/mol. The van der Waals surface area contributed by atoms with Crippen molar-refractivity contribution in [2.75, 3.05) is 6.54 Å². The van der Waals surface area contributed by atoms with Crippen LogP contribution in [0.5, 0.6) is 0 Å². The molecule has 3 atom stereocenters. The molecule has 0 aliphatic carbocycles. The molecule has 1 rings (SSSR count). The largest absolute Gasteiger partial charge is 0.444 e. The van der Waals surface area contributed by atoms with Crippen molar-refractivity contribution in [1.29, 1.82) is 0 Å². The van der Waals surface area contributed by atoms with Crippen LogP contribution in [0.3, 0.4) is 0 Å². The van der Waals surface area contributed by atoms with Crippen LogP contribution in [0.25, 0.3) is 0 Å². The molecular weight excluding hydrogens is 454 g/mol. The fourth-order valence-corrected chi connectivity index (χ4v) is 3.96. The molecule has 204 valence electrons. The van der Waals surface area contributed by atoms with Crippen molar-refractivity contribution >= 4 is 17.9 Å². The van der Waals surface area contributed by atoms with Gasteiger partial charge >= 0.3 is 6.09 Å². The van der Waals surface area contributed by atoms with E-state index in [-0.39, 0.29) is 23.8 Å². The Labute approximate surface area is 218 Å². The summed E-state index contributed by atoms with van der Waals surface area (Å²) in [6.07, 6.45) is 2.98. The molecular formula is C29H49N3O4. The second kappa shape index (κ2) is 14.2. The maximum Gasteiger partial charge on any atom is 0.408 e. The maximum absolute atomic E-state index is 14.1. The van der Waals surface area contributed by atoms with Crippen molar-refractivity contribution < 1.29 is 19.1 Å². The fourth-order valence-electron chi connectivity index (χ4n) is 3.96. The van der Waals surface area contributed by atoms with Gasteiger partial charge in [-0.25, -0.2) is 4.79 Å². The van der Waals surface area contributed by atoms with Gasteiger partial charge < -0.3 is 20.3 Å². The number of nitrogens with one attached hydrogen (secondary N) is 2. The van der Waals surface area contributed by atoms with Gasteiger partial charge in [-0.3, -0.25) is 9.59 Å². The molecule has 0 heterocycles. The number of hydrogen-bond acceptors (Lipinski definition) is 4. The number of nitrogens with zero attached hydrogens (tertiary/aromatic N) is 1. The molecule has 0 fully saturated rings. The van der Waals surface area contributed by atoms with Gasteiger partial charge in [-0.2, -0.15) is 0 Å². The van der Waals surface area contributed by atoms with Crippen molar-refractivity contribution in [3.63, 3.8) is 0 Å². The van der Waals surface area contributed by atoms with Gasteiger partial charge in [0.2, 0.25) is 11.8 Å². The van der Waals surface area contributed by atoms with Crippen LogP contribution < -0.4 is 10.6 Å². The van der Waals surface area contributed by atoms with Gasteiger partial charge in [0, 0.05) is 12.6 Å². The number of ether oxygens (including phenoxy) is 1. The highest BCUT2D eigenvalue weighted by Gasteiger charge is 2.39. The molecule has 1 aromatic rings. The van der Waals surface area contributed by atoms with E-state index in [0.29, 0.717) is 13.0 Å². The van der Waals surface area contributed by atoms with E-state index in [1.165, 1.54) is 0 Å². The van der Waals surface area contributed by atoms with Crippen LogP contribution in [0.4, 0.5) is 4.79 Å². The van der Waals surface area contributed by atoms with E-state index in [1.807, 2.05) is 59.7 Å². The lowest BCUT2D eigenvalue weighted by molar-refractivity contribution is -0.146. The number of hydrogen-bond donors (Lipinski definition) is 2. The zero-order chi connectivity index (χ0) is 27.6. The SMILES string of the molecule is CCCCCNC(=O)C(c1ccc(C)c(C)c1)N(C(=O)C(NC(=O)OC(C)(C)C)C(C)C)C(C)CC. The summed E-state index contributed by atoms with van der Waals surface area (Å²) in [5.41, 5.74) is 2.25. The first-order valence-corrected chi connectivity index (χ1v) is 13.4. The minimum atomic E-state index is -0.837. The second-order valence-electron chi connectivity index (χ2n) is 11.1. The number of carbonyl (C=O) groups is 3. The van der Waals surface area contributed by atoms with Crippen molar-refractivity contribution in [2.45, 2.75) is 119 Å². The summed E-state index contributed by atoms with van der Waals surface area (Å²) in [6.45, 7) is 19.7. The summed E-state index contributed by atoms with van der Waals surface area (Å²) in [5.74, 6) is -0.704. The molecule has 0 saturated heterocycles. The van der Waals surface area contributed by atoms with Gasteiger partial charge in [-0.15, -0.1) is 0 Å². The standard InChI is InChI=1S/C29H49N3O4/c1-11-13-14-17-30-26(33)25(23-16-15-20(5)21(6)18-23)32(22(7)12-2)27(34)24(19(3)4)31-28(35)36-29(8,9)10/h15-16,18-19,22,24-25H,11-14,17H2,1-10H3,(H,30,33)(H,31,35). The zero-order valence-corrected chi connectivity index (χ0v) is 24.2. The van der Waals surface area contributed by atoms with Gasteiger partial charge in [0.15, 0.2) is 0 Å². The highest BCUT2D eigenvalue weighted by atomic mass is 16.6. The van der Waals surface area contributed by atoms with Gasteiger partial charge in [0.05, 0.1) is 0 Å². The lowest BCUT2D eigenvalue weighted by Gasteiger charge is -2.39. The first kappa shape index (κ1) is 31.5. The molecule has 36 heavy (non-hydrogen) atoms. The molecule has 0 bridgehead atoms. The number of rotatable bonds is 12. The Morgan fingerprint density at radius 3 is 2.14 bits per heavy atom. The summed E-state index contributed by atoms with van der Waals surface area (Å²) in [5, 5.41) is 5.83. The van der Waals surface area contributed by atoms with Gasteiger partial charge in [-0.05, 0) is 77.0 Å². The highest BCUT2D eigenvalue weighted by Crippen LogP contribution is 2.28. The third-order valence-electron chi connectivity index (χ3n) is 6.38. The van der Waals surface area contributed by atoms with Crippen LogP contribution in [0.1, 0.15) is 104 Å². The Morgan fingerprint density at radius 2 is 1.64 bits per heavy atom. The summed E-state index contributed by atoms with van der Waals surface area (Å²) < 4.78 is 5.43. The number of aryl methyl sites for hydroxylation is 2. The Morgan fingerprint density at radius 1 is 1.00 bits per heavy atom. The Hall–Kier alpha value is -2.57. The quantitative estimate of drug-likeness (QED) is 0.352. The van der Waals surface area contributed by atoms with Crippen molar-refractivity contribution in [3.8, 4) is 0 Å². The van der Waals surface area contributed by atoms with Crippen molar-refractivity contribution in [2.24, 2.45) is 5.92 Å². The van der Waals surface area contributed by atoms with Crippen LogP contribution in [-0.2, 0) is 14.3 Å². The molecule has 3 unspecified atom stereocenters. The first-order chi connectivity index (χ1) is 16.7. The van der Waals surface area contributed by atoms with E-state index in [9.17, 15) is 14.4 Å². The molecule has 0 aromatic heterocycles. The number of carbonyl (C=O) groups excluding carboxylic acids is 3.